The number of tetrazole rings is 1. The lowest BCUT2D eigenvalue weighted by Crippen LogP contribution is -2.02. The summed E-state index contributed by atoms with van der Waals surface area (Å²) in [6, 6.07) is 3.96. The van der Waals surface area contributed by atoms with Crippen molar-refractivity contribution in [3.05, 3.63) is 17.5 Å². The zero-order valence-electron chi connectivity index (χ0n) is 8.91. The van der Waals surface area contributed by atoms with Crippen molar-refractivity contribution in [2.75, 3.05) is 6.61 Å². The maximum absolute atomic E-state index is 8.64. The number of hydrogen-bond acceptors (Lipinski definition) is 5. The first-order valence-corrected chi connectivity index (χ1v) is 6.20. The first-order chi connectivity index (χ1) is 7.90. The van der Waals surface area contributed by atoms with Crippen molar-refractivity contribution < 1.29 is 5.11 Å². The van der Waals surface area contributed by atoms with Crippen molar-refractivity contribution in [1.29, 1.82) is 0 Å². The number of unbranched alkanes of at least 4 members (excludes halogenated alkanes) is 2. The molecule has 0 saturated carbocycles. The van der Waals surface area contributed by atoms with Crippen LogP contribution in [0.25, 0.3) is 10.7 Å². The van der Waals surface area contributed by atoms with Crippen LogP contribution in [-0.4, -0.2) is 31.9 Å². The third kappa shape index (κ3) is 2.86. The van der Waals surface area contributed by atoms with Crippen molar-refractivity contribution in [3.8, 4) is 10.7 Å². The molecule has 1 N–H and O–H groups in total. The van der Waals surface area contributed by atoms with Gasteiger partial charge in [0, 0.05) is 6.61 Å². The fraction of sp³-hybridized carbons (Fsp3) is 0.500. The number of rotatable bonds is 6. The second kappa shape index (κ2) is 5.72. The quantitative estimate of drug-likeness (QED) is 0.776. The lowest BCUT2D eigenvalue weighted by atomic mass is 10.2. The van der Waals surface area contributed by atoms with Crippen molar-refractivity contribution in [2.45, 2.75) is 25.8 Å². The molecule has 6 heteroatoms. The maximum atomic E-state index is 8.64. The maximum Gasteiger partial charge on any atom is 0.214 e. The van der Waals surface area contributed by atoms with E-state index in [0.29, 0.717) is 5.82 Å². The zero-order valence-corrected chi connectivity index (χ0v) is 9.73. The van der Waals surface area contributed by atoms with Gasteiger partial charge in [0.05, 0.1) is 11.4 Å². The van der Waals surface area contributed by atoms with Crippen LogP contribution in [0.1, 0.15) is 19.3 Å². The first-order valence-electron chi connectivity index (χ1n) is 5.32. The summed E-state index contributed by atoms with van der Waals surface area (Å²) < 4.78 is 0. The summed E-state index contributed by atoms with van der Waals surface area (Å²) in [5.74, 6) is 0.692. The van der Waals surface area contributed by atoms with Crippen LogP contribution < -0.4 is 0 Å². The Morgan fingerprint density at radius 2 is 2.25 bits per heavy atom. The second-order valence-corrected chi connectivity index (χ2v) is 4.42. The molecule has 5 nitrogen and oxygen atoms in total. The van der Waals surface area contributed by atoms with Crippen LogP contribution in [0.2, 0.25) is 0 Å². The van der Waals surface area contributed by atoms with E-state index in [9.17, 15) is 0 Å². The van der Waals surface area contributed by atoms with Crippen LogP contribution in [0.5, 0.6) is 0 Å². The Morgan fingerprint density at radius 3 is 3.00 bits per heavy atom. The molecule has 0 amide bonds. The summed E-state index contributed by atoms with van der Waals surface area (Å²) in [5, 5.41) is 22.9. The molecule has 0 aliphatic heterocycles. The number of nitrogens with zero attached hydrogens (tertiary/aromatic N) is 4. The van der Waals surface area contributed by atoms with Crippen LogP contribution in [0, 0.1) is 0 Å². The fourth-order valence-electron chi connectivity index (χ4n) is 1.38. The number of aliphatic hydroxyl groups excluding tert-OH is 1. The van der Waals surface area contributed by atoms with Crippen molar-refractivity contribution in [1.82, 2.24) is 20.2 Å². The topological polar surface area (TPSA) is 63.8 Å². The predicted molar refractivity (Wildman–Crippen MR) is 62.1 cm³/mol. The van der Waals surface area contributed by atoms with Gasteiger partial charge >= 0.3 is 0 Å². The molecule has 0 radical (unpaired) electrons. The van der Waals surface area contributed by atoms with Gasteiger partial charge in [-0.25, -0.2) is 0 Å². The monoisotopic (exact) mass is 238 g/mol. The van der Waals surface area contributed by atoms with Gasteiger partial charge < -0.3 is 5.11 Å². The van der Waals surface area contributed by atoms with Crippen LogP contribution in [0.3, 0.4) is 0 Å². The molecule has 0 fully saturated rings. The van der Waals surface area contributed by atoms with Gasteiger partial charge in [-0.1, -0.05) is 6.07 Å². The summed E-state index contributed by atoms with van der Waals surface area (Å²) >= 11 is 1.61. The molecule has 2 heterocycles. The largest absolute Gasteiger partial charge is 0.396 e. The van der Waals surface area contributed by atoms with Crippen molar-refractivity contribution in [3.63, 3.8) is 0 Å². The van der Waals surface area contributed by atoms with Crippen LogP contribution >= 0.6 is 11.3 Å². The molecule has 0 aliphatic rings. The molecule has 16 heavy (non-hydrogen) atoms. The highest BCUT2D eigenvalue weighted by Crippen LogP contribution is 2.19. The molecular weight excluding hydrogens is 224 g/mol. The minimum atomic E-state index is 0.255. The van der Waals surface area contributed by atoms with Gasteiger partial charge in [0.2, 0.25) is 5.82 Å². The van der Waals surface area contributed by atoms with E-state index in [1.54, 1.807) is 16.1 Å². The number of thiophene rings is 1. The van der Waals surface area contributed by atoms with E-state index >= 15 is 0 Å². The molecule has 0 spiro atoms. The highest BCUT2D eigenvalue weighted by atomic mass is 32.1. The number of hydrogen-bond donors (Lipinski definition) is 1. The Labute approximate surface area is 97.7 Å². The summed E-state index contributed by atoms with van der Waals surface area (Å²) in [5.41, 5.74) is 0. The average molecular weight is 238 g/mol. The van der Waals surface area contributed by atoms with Crippen LogP contribution in [0.4, 0.5) is 0 Å². The van der Waals surface area contributed by atoms with Gasteiger partial charge in [0.15, 0.2) is 0 Å². The Bertz CT molecular complexity index is 412. The normalized spacial score (nSPS) is 10.8. The van der Waals surface area contributed by atoms with E-state index < -0.39 is 0 Å². The van der Waals surface area contributed by atoms with Crippen LogP contribution in [0.15, 0.2) is 17.5 Å². The standard InChI is InChI=1S/C10H14N4OS/c15-7-3-1-2-6-14-12-10(11-13-14)9-5-4-8-16-9/h4-5,8,15H,1-3,6-7H2. The SMILES string of the molecule is OCCCCCn1nnc(-c2cccs2)n1. The summed E-state index contributed by atoms with van der Waals surface area (Å²) in [4.78, 5) is 2.66. The molecule has 86 valence electrons. The number of aryl methyl sites for hydroxylation is 1. The first kappa shape index (κ1) is 11.2. The van der Waals surface area contributed by atoms with Gasteiger partial charge in [-0.3, -0.25) is 0 Å². The Balaban J connectivity index is 1.88. The molecule has 0 aliphatic carbocycles. The molecule has 0 unspecified atom stereocenters. The lowest BCUT2D eigenvalue weighted by molar-refractivity contribution is 0.280. The predicted octanol–water partition coefficient (Wildman–Crippen LogP) is 1.56. The van der Waals surface area contributed by atoms with E-state index in [1.165, 1.54) is 0 Å². The van der Waals surface area contributed by atoms with Crippen LogP contribution in [-0.2, 0) is 6.54 Å². The highest BCUT2D eigenvalue weighted by molar-refractivity contribution is 7.13. The Kier molecular flexibility index (Phi) is 4.01. The lowest BCUT2D eigenvalue weighted by Gasteiger charge is -1.97. The van der Waals surface area contributed by atoms with Gasteiger partial charge in [-0.15, -0.1) is 21.5 Å². The summed E-state index contributed by atoms with van der Waals surface area (Å²) in [6.45, 7) is 1.02. The molecule has 0 bridgehead atoms. The molecule has 0 saturated heterocycles. The van der Waals surface area contributed by atoms with Gasteiger partial charge in [0.1, 0.15) is 0 Å². The van der Waals surface area contributed by atoms with Gasteiger partial charge in [0.25, 0.3) is 0 Å². The minimum absolute atomic E-state index is 0.255. The second-order valence-electron chi connectivity index (χ2n) is 3.47. The van der Waals surface area contributed by atoms with E-state index in [1.807, 2.05) is 17.5 Å². The minimum Gasteiger partial charge on any atom is -0.396 e. The highest BCUT2D eigenvalue weighted by Gasteiger charge is 2.05. The summed E-state index contributed by atoms with van der Waals surface area (Å²) in [7, 11) is 0. The van der Waals surface area contributed by atoms with E-state index in [0.717, 1.165) is 30.7 Å². The van der Waals surface area contributed by atoms with Gasteiger partial charge in [-0.2, -0.15) is 4.80 Å². The van der Waals surface area contributed by atoms with E-state index in [4.69, 9.17) is 5.11 Å². The molecule has 2 aromatic rings. The van der Waals surface area contributed by atoms with Crippen molar-refractivity contribution >= 4 is 11.3 Å². The van der Waals surface area contributed by atoms with E-state index in [-0.39, 0.29) is 6.61 Å². The number of aromatic nitrogens is 4. The molecule has 0 aromatic carbocycles. The Morgan fingerprint density at radius 1 is 1.31 bits per heavy atom. The van der Waals surface area contributed by atoms with E-state index in [2.05, 4.69) is 15.4 Å². The van der Waals surface area contributed by atoms with Gasteiger partial charge in [-0.05, 0) is 35.9 Å². The molecule has 0 atom stereocenters. The average Bonchev–Trinajstić information content (AvgIpc) is 2.94. The number of aliphatic hydroxyl groups is 1. The molecule has 2 aromatic heterocycles. The fourth-order valence-corrected chi connectivity index (χ4v) is 2.03. The zero-order chi connectivity index (χ0) is 11.2. The summed E-state index contributed by atoms with van der Waals surface area (Å²) in [6.07, 6.45) is 2.81. The third-order valence-corrected chi connectivity index (χ3v) is 3.08. The molecular formula is C10H14N4OS. The van der Waals surface area contributed by atoms with Crippen molar-refractivity contribution in [2.24, 2.45) is 0 Å². The molecule has 2 rings (SSSR count). The smallest absolute Gasteiger partial charge is 0.214 e. The third-order valence-electron chi connectivity index (χ3n) is 2.21. The Hall–Kier alpha value is -1.27.